The molecule has 1 aliphatic heterocycles. The summed E-state index contributed by atoms with van der Waals surface area (Å²) >= 11 is 1.30. The van der Waals surface area contributed by atoms with E-state index >= 15 is 0 Å². The van der Waals surface area contributed by atoms with Gasteiger partial charge in [0.25, 0.3) is 11.8 Å². The Morgan fingerprint density at radius 3 is 2.25 bits per heavy atom. The Kier molecular flexibility index (Phi) is 4.94. The van der Waals surface area contributed by atoms with Crippen LogP contribution in [-0.4, -0.2) is 39.4 Å². The maximum absolute atomic E-state index is 12.3. The predicted octanol–water partition coefficient (Wildman–Crippen LogP) is 2.75. The van der Waals surface area contributed by atoms with Gasteiger partial charge in [-0.05, 0) is 17.7 Å². The van der Waals surface area contributed by atoms with E-state index in [9.17, 15) is 14.4 Å². The van der Waals surface area contributed by atoms with Gasteiger partial charge in [0, 0.05) is 19.4 Å². The van der Waals surface area contributed by atoms with Crippen molar-refractivity contribution in [1.29, 1.82) is 0 Å². The fraction of sp³-hybridized carbons (Fsp3) is 0.150. The molecule has 2 heterocycles. The molecule has 1 aliphatic rings. The van der Waals surface area contributed by atoms with Gasteiger partial charge >= 0.3 is 0 Å². The topological polar surface area (TPSA) is 92.3 Å². The number of fused-ring (bicyclic) bond motifs is 1. The summed E-state index contributed by atoms with van der Waals surface area (Å²) in [6, 6.07) is 16.5. The number of nitrogens with zero attached hydrogens (tertiary/aromatic N) is 3. The van der Waals surface area contributed by atoms with Crippen molar-refractivity contribution >= 4 is 34.2 Å². The second kappa shape index (κ2) is 7.69. The number of aromatic nitrogens is 2. The maximum Gasteiger partial charge on any atom is 0.261 e. The van der Waals surface area contributed by atoms with Crippen LogP contribution in [0.3, 0.4) is 0 Å². The van der Waals surface area contributed by atoms with E-state index in [1.165, 1.54) is 11.3 Å². The highest BCUT2D eigenvalue weighted by atomic mass is 32.1. The second-order valence-electron chi connectivity index (χ2n) is 6.27. The Bertz CT molecular complexity index is 1010. The number of amides is 3. The molecule has 140 valence electrons. The Hall–Kier alpha value is -3.39. The quantitative estimate of drug-likeness (QED) is 0.651. The zero-order chi connectivity index (χ0) is 19.5. The first-order valence-corrected chi connectivity index (χ1v) is 9.55. The van der Waals surface area contributed by atoms with Crippen LogP contribution in [-0.2, 0) is 11.2 Å². The molecule has 4 rings (SSSR count). The van der Waals surface area contributed by atoms with Crippen LogP contribution in [0.1, 0.15) is 37.7 Å². The molecule has 8 heteroatoms. The molecule has 0 aliphatic carbocycles. The van der Waals surface area contributed by atoms with Gasteiger partial charge in [0.15, 0.2) is 0 Å². The molecule has 0 saturated heterocycles. The van der Waals surface area contributed by atoms with Gasteiger partial charge in [0.2, 0.25) is 11.0 Å². The first-order valence-electron chi connectivity index (χ1n) is 8.73. The van der Waals surface area contributed by atoms with Crippen LogP contribution in [0.4, 0.5) is 5.13 Å². The monoisotopic (exact) mass is 392 g/mol. The Balaban J connectivity index is 1.32. The zero-order valence-corrected chi connectivity index (χ0v) is 15.6. The third-order valence-corrected chi connectivity index (χ3v) is 5.19. The van der Waals surface area contributed by atoms with Crippen LogP contribution in [0, 0.1) is 0 Å². The molecule has 2 aromatic carbocycles. The van der Waals surface area contributed by atoms with Crippen LogP contribution >= 0.6 is 11.3 Å². The Morgan fingerprint density at radius 1 is 0.929 bits per heavy atom. The summed E-state index contributed by atoms with van der Waals surface area (Å²) in [6.07, 6.45) is 0.641. The highest BCUT2D eigenvalue weighted by Crippen LogP contribution is 2.23. The van der Waals surface area contributed by atoms with E-state index in [2.05, 4.69) is 15.5 Å². The lowest BCUT2D eigenvalue weighted by Crippen LogP contribution is -2.32. The van der Waals surface area contributed by atoms with Crippen LogP contribution in [0.15, 0.2) is 54.6 Å². The van der Waals surface area contributed by atoms with Gasteiger partial charge in [-0.3, -0.25) is 19.3 Å². The van der Waals surface area contributed by atoms with Gasteiger partial charge in [-0.25, -0.2) is 0 Å². The van der Waals surface area contributed by atoms with Crippen molar-refractivity contribution in [3.05, 3.63) is 76.3 Å². The van der Waals surface area contributed by atoms with Crippen molar-refractivity contribution in [2.75, 3.05) is 11.9 Å². The van der Waals surface area contributed by atoms with Crippen molar-refractivity contribution in [3.63, 3.8) is 0 Å². The SMILES string of the molecule is O=C(CCN1C(=O)c2ccccc2C1=O)Nc1nnc(Cc2ccccc2)s1. The smallest absolute Gasteiger partial charge is 0.261 e. The summed E-state index contributed by atoms with van der Waals surface area (Å²) in [6.45, 7) is 0.0217. The normalized spacial score (nSPS) is 12.9. The van der Waals surface area contributed by atoms with Gasteiger partial charge < -0.3 is 5.32 Å². The van der Waals surface area contributed by atoms with E-state index in [1.54, 1.807) is 24.3 Å². The lowest BCUT2D eigenvalue weighted by Gasteiger charge is -2.12. The fourth-order valence-corrected chi connectivity index (χ4v) is 3.77. The lowest BCUT2D eigenvalue weighted by molar-refractivity contribution is -0.116. The molecular formula is C20H16N4O3S. The lowest BCUT2D eigenvalue weighted by atomic mass is 10.1. The summed E-state index contributed by atoms with van der Waals surface area (Å²) in [7, 11) is 0. The van der Waals surface area contributed by atoms with E-state index in [-0.39, 0.29) is 30.7 Å². The van der Waals surface area contributed by atoms with E-state index in [0.717, 1.165) is 15.5 Å². The molecule has 0 bridgehead atoms. The number of rotatable bonds is 6. The molecule has 1 aromatic heterocycles. The van der Waals surface area contributed by atoms with Gasteiger partial charge in [-0.1, -0.05) is 53.8 Å². The number of imide groups is 1. The highest BCUT2D eigenvalue weighted by Gasteiger charge is 2.34. The molecule has 28 heavy (non-hydrogen) atoms. The average Bonchev–Trinajstić information content (AvgIpc) is 3.24. The molecular weight excluding hydrogens is 376 g/mol. The third kappa shape index (κ3) is 3.67. The van der Waals surface area contributed by atoms with Gasteiger partial charge in [0.1, 0.15) is 5.01 Å². The summed E-state index contributed by atoms with van der Waals surface area (Å²) in [4.78, 5) is 37.9. The van der Waals surface area contributed by atoms with E-state index in [0.29, 0.717) is 22.7 Å². The highest BCUT2D eigenvalue weighted by molar-refractivity contribution is 7.15. The molecule has 0 spiro atoms. The molecule has 0 unspecified atom stereocenters. The summed E-state index contributed by atoms with van der Waals surface area (Å²) in [5, 5.41) is 11.9. The molecule has 7 nitrogen and oxygen atoms in total. The first kappa shape index (κ1) is 18.0. The van der Waals surface area contributed by atoms with Crippen molar-refractivity contribution in [3.8, 4) is 0 Å². The third-order valence-electron chi connectivity index (χ3n) is 4.35. The first-order chi connectivity index (χ1) is 13.6. The number of benzene rings is 2. The molecule has 0 atom stereocenters. The molecule has 0 fully saturated rings. The number of anilines is 1. The fourth-order valence-electron chi connectivity index (χ4n) is 2.98. The summed E-state index contributed by atoms with van der Waals surface area (Å²) < 4.78 is 0. The van der Waals surface area contributed by atoms with E-state index < -0.39 is 0 Å². The van der Waals surface area contributed by atoms with Crippen molar-refractivity contribution < 1.29 is 14.4 Å². The zero-order valence-electron chi connectivity index (χ0n) is 14.8. The number of hydrogen-bond donors (Lipinski definition) is 1. The van der Waals surface area contributed by atoms with Gasteiger partial charge in [0.05, 0.1) is 11.1 Å². The van der Waals surface area contributed by atoms with E-state index in [4.69, 9.17) is 0 Å². The molecule has 0 saturated carbocycles. The second-order valence-corrected chi connectivity index (χ2v) is 7.33. The summed E-state index contributed by atoms with van der Waals surface area (Å²) in [5.74, 6) is -1.05. The molecule has 3 aromatic rings. The molecule has 3 amide bonds. The van der Waals surface area contributed by atoms with Crippen LogP contribution in [0.2, 0.25) is 0 Å². The van der Waals surface area contributed by atoms with Crippen LogP contribution in [0.25, 0.3) is 0 Å². The number of hydrogen-bond acceptors (Lipinski definition) is 6. The largest absolute Gasteiger partial charge is 0.300 e. The molecule has 0 radical (unpaired) electrons. The minimum absolute atomic E-state index is 0.000925. The average molecular weight is 392 g/mol. The van der Waals surface area contributed by atoms with Crippen molar-refractivity contribution in [2.24, 2.45) is 0 Å². The van der Waals surface area contributed by atoms with Crippen molar-refractivity contribution in [2.45, 2.75) is 12.8 Å². The minimum atomic E-state index is -0.366. The number of carbonyl (C=O) groups excluding carboxylic acids is 3. The predicted molar refractivity (Wildman–Crippen MR) is 104 cm³/mol. The Morgan fingerprint density at radius 2 is 1.57 bits per heavy atom. The van der Waals surface area contributed by atoms with Crippen LogP contribution < -0.4 is 5.32 Å². The minimum Gasteiger partial charge on any atom is -0.300 e. The molecule has 1 N–H and O–H groups in total. The van der Waals surface area contributed by atoms with Gasteiger partial charge in [-0.2, -0.15) is 0 Å². The van der Waals surface area contributed by atoms with E-state index in [1.807, 2.05) is 30.3 Å². The summed E-state index contributed by atoms with van der Waals surface area (Å²) in [5.41, 5.74) is 1.87. The van der Waals surface area contributed by atoms with Gasteiger partial charge in [-0.15, -0.1) is 10.2 Å². The standard InChI is InChI=1S/C20H16N4O3S/c25-16(10-11-24-18(26)14-8-4-5-9-15(14)19(24)27)21-20-23-22-17(28-20)12-13-6-2-1-3-7-13/h1-9H,10-12H2,(H,21,23,25). The number of carbonyl (C=O) groups is 3. The Labute approximate surface area is 165 Å². The van der Waals surface area contributed by atoms with Crippen molar-refractivity contribution in [1.82, 2.24) is 15.1 Å². The van der Waals surface area contributed by atoms with Crippen LogP contribution in [0.5, 0.6) is 0 Å². The maximum atomic E-state index is 12.3. The number of nitrogens with one attached hydrogen (secondary N) is 1.